The highest BCUT2D eigenvalue weighted by Crippen LogP contribution is 2.36. The molecule has 7 heteroatoms. The van der Waals surface area contributed by atoms with Gasteiger partial charge in [-0.1, -0.05) is 6.92 Å². The van der Waals surface area contributed by atoms with Gasteiger partial charge in [0.1, 0.15) is 0 Å². The molecule has 1 rings (SSSR count). The Kier molecular flexibility index (Phi) is 11.1. The van der Waals surface area contributed by atoms with E-state index < -0.39 is 0 Å². The van der Waals surface area contributed by atoms with Crippen LogP contribution in [0.1, 0.15) is 30.1 Å². The Hall–Kier alpha value is -0.980. The molecule has 126 valence electrons. The van der Waals surface area contributed by atoms with Crippen molar-refractivity contribution < 1.29 is 14.3 Å². The molecule has 0 aliphatic heterocycles. The zero-order valence-corrected chi connectivity index (χ0v) is 15.6. The van der Waals surface area contributed by atoms with E-state index in [9.17, 15) is 4.79 Å². The molecule has 0 bridgehead atoms. The van der Waals surface area contributed by atoms with E-state index in [0.717, 1.165) is 23.9 Å². The quantitative estimate of drug-likeness (QED) is 0.631. The van der Waals surface area contributed by atoms with Crippen LogP contribution in [0.15, 0.2) is 16.6 Å². The minimum absolute atomic E-state index is 0. The summed E-state index contributed by atoms with van der Waals surface area (Å²) in [6, 6.07) is 3.45. The molecule has 0 aromatic heterocycles. The van der Waals surface area contributed by atoms with Gasteiger partial charge in [-0.15, -0.1) is 12.4 Å². The number of nitrogens with one attached hydrogen (secondary N) is 2. The van der Waals surface area contributed by atoms with Crippen LogP contribution >= 0.6 is 28.3 Å². The zero-order valence-electron chi connectivity index (χ0n) is 13.2. The summed E-state index contributed by atoms with van der Waals surface area (Å²) in [4.78, 5) is 12.1. The maximum Gasteiger partial charge on any atom is 0.251 e. The molecule has 0 spiro atoms. The first-order valence-electron chi connectivity index (χ1n) is 7.07. The maximum atomic E-state index is 12.1. The van der Waals surface area contributed by atoms with Gasteiger partial charge in [-0.05, 0) is 54.5 Å². The zero-order chi connectivity index (χ0) is 15.7. The van der Waals surface area contributed by atoms with Crippen LogP contribution in [0.4, 0.5) is 0 Å². The minimum Gasteiger partial charge on any atom is -0.493 e. The molecule has 0 heterocycles. The van der Waals surface area contributed by atoms with E-state index in [1.165, 1.54) is 0 Å². The van der Waals surface area contributed by atoms with E-state index in [0.29, 0.717) is 30.2 Å². The fourth-order valence-corrected chi connectivity index (χ4v) is 2.32. The predicted octanol–water partition coefficient (Wildman–Crippen LogP) is 3.01. The SMILES string of the molecule is CCCOc1c(Br)cc(C(=O)NCCCNC)cc1OC.Cl. The molecule has 0 saturated heterocycles. The monoisotopic (exact) mass is 394 g/mol. The van der Waals surface area contributed by atoms with E-state index in [1.54, 1.807) is 19.2 Å². The van der Waals surface area contributed by atoms with Crippen LogP contribution in [0.2, 0.25) is 0 Å². The summed E-state index contributed by atoms with van der Waals surface area (Å²) in [7, 11) is 3.45. The van der Waals surface area contributed by atoms with Gasteiger partial charge in [0.05, 0.1) is 18.2 Å². The lowest BCUT2D eigenvalue weighted by atomic mass is 10.2. The van der Waals surface area contributed by atoms with Crippen LogP contribution in [-0.2, 0) is 0 Å². The minimum atomic E-state index is -0.118. The van der Waals surface area contributed by atoms with E-state index in [2.05, 4.69) is 26.6 Å². The van der Waals surface area contributed by atoms with Crippen LogP contribution in [0, 0.1) is 0 Å². The number of ether oxygens (including phenoxy) is 2. The van der Waals surface area contributed by atoms with Crippen molar-refractivity contribution in [3.05, 3.63) is 22.2 Å². The largest absolute Gasteiger partial charge is 0.493 e. The van der Waals surface area contributed by atoms with Crippen LogP contribution in [-0.4, -0.2) is 39.8 Å². The Morgan fingerprint density at radius 3 is 2.64 bits per heavy atom. The van der Waals surface area contributed by atoms with Gasteiger partial charge in [0, 0.05) is 12.1 Å². The maximum absolute atomic E-state index is 12.1. The highest BCUT2D eigenvalue weighted by Gasteiger charge is 2.15. The standard InChI is InChI=1S/C15H23BrN2O3.ClH/c1-4-8-21-14-12(16)9-11(10-13(14)20-3)15(19)18-7-5-6-17-2;/h9-10,17H,4-8H2,1-3H3,(H,18,19);1H. The second-order valence-electron chi connectivity index (χ2n) is 4.55. The average molecular weight is 396 g/mol. The predicted molar refractivity (Wildman–Crippen MR) is 94.6 cm³/mol. The second-order valence-corrected chi connectivity index (χ2v) is 5.41. The number of carbonyl (C=O) groups is 1. The van der Waals surface area contributed by atoms with Crippen molar-refractivity contribution in [2.45, 2.75) is 19.8 Å². The van der Waals surface area contributed by atoms with Gasteiger partial charge in [-0.3, -0.25) is 4.79 Å². The summed E-state index contributed by atoms with van der Waals surface area (Å²) in [5, 5.41) is 5.92. The molecule has 0 fully saturated rings. The van der Waals surface area contributed by atoms with Crippen molar-refractivity contribution in [2.24, 2.45) is 0 Å². The fourth-order valence-electron chi connectivity index (χ4n) is 1.76. The van der Waals surface area contributed by atoms with Crippen molar-refractivity contribution >= 4 is 34.2 Å². The Labute approximate surface area is 146 Å². The molecular formula is C15H24BrClN2O3. The molecule has 0 atom stereocenters. The summed E-state index contributed by atoms with van der Waals surface area (Å²) in [6.45, 7) is 4.14. The third-order valence-corrected chi connectivity index (χ3v) is 3.42. The number of halogens is 2. The summed E-state index contributed by atoms with van der Waals surface area (Å²) in [5.74, 6) is 1.07. The van der Waals surface area contributed by atoms with Crippen LogP contribution in [0.5, 0.6) is 11.5 Å². The number of amides is 1. The first-order valence-corrected chi connectivity index (χ1v) is 7.86. The molecule has 0 saturated carbocycles. The normalized spacial score (nSPS) is 9.82. The molecular weight excluding hydrogens is 372 g/mol. The van der Waals surface area contributed by atoms with Crippen molar-refractivity contribution in [3.63, 3.8) is 0 Å². The number of carbonyl (C=O) groups excluding carboxylic acids is 1. The third-order valence-electron chi connectivity index (χ3n) is 2.83. The van der Waals surface area contributed by atoms with Gasteiger partial charge < -0.3 is 20.1 Å². The number of methoxy groups -OCH3 is 1. The lowest BCUT2D eigenvalue weighted by Gasteiger charge is -2.14. The number of benzene rings is 1. The van der Waals surface area contributed by atoms with Gasteiger partial charge in [-0.2, -0.15) is 0 Å². The summed E-state index contributed by atoms with van der Waals surface area (Å²) in [5.41, 5.74) is 0.548. The number of hydrogen-bond donors (Lipinski definition) is 2. The topological polar surface area (TPSA) is 59.6 Å². The molecule has 22 heavy (non-hydrogen) atoms. The van der Waals surface area contributed by atoms with Crippen LogP contribution in [0.3, 0.4) is 0 Å². The van der Waals surface area contributed by atoms with E-state index in [4.69, 9.17) is 9.47 Å². The van der Waals surface area contributed by atoms with E-state index in [-0.39, 0.29) is 18.3 Å². The van der Waals surface area contributed by atoms with Crippen molar-refractivity contribution in [2.75, 3.05) is 33.9 Å². The van der Waals surface area contributed by atoms with Crippen molar-refractivity contribution in [1.29, 1.82) is 0 Å². The summed E-state index contributed by atoms with van der Waals surface area (Å²) >= 11 is 3.44. The van der Waals surface area contributed by atoms with Crippen molar-refractivity contribution in [1.82, 2.24) is 10.6 Å². The lowest BCUT2D eigenvalue weighted by Crippen LogP contribution is -2.26. The molecule has 5 nitrogen and oxygen atoms in total. The van der Waals surface area contributed by atoms with Gasteiger partial charge in [-0.25, -0.2) is 0 Å². The fraction of sp³-hybridized carbons (Fsp3) is 0.533. The highest BCUT2D eigenvalue weighted by atomic mass is 79.9. The molecule has 1 aromatic rings. The highest BCUT2D eigenvalue weighted by molar-refractivity contribution is 9.10. The molecule has 1 aromatic carbocycles. The van der Waals surface area contributed by atoms with E-state index in [1.807, 2.05) is 14.0 Å². The van der Waals surface area contributed by atoms with Gasteiger partial charge in [0.2, 0.25) is 0 Å². The smallest absolute Gasteiger partial charge is 0.251 e. The molecule has 0 unspecified atom stereocenters. The molecule has 0 aliphatic carbocycles. The molecule has 2 N–H and O–H groups in total. The van der Waals surface area contributed by atoms with Crippen molar-refractivity contribution in [3.8, 4) is 11.5 Å². The first-order chi connectivity index (χ1) is 10.1. The number of rotatable bonds is 9. The summed E-state index contributed by atoms with van der Waals surface area (Å²) in [6.07, 6.45) is 1.79. The number of hydrogen-bond acceptors (Lipinski definition) is 4. The molecule has 0 aliphatic rings. The second kappa shape index (κ2) is 11.6. The van der Waals surface area contributed by atoms with Gasteiger partial charge in [0.25, 0.3) is 5.91 Å². The lowest BCUT2D eigenvalue weighted by molar-refractivity contribution is 0.0953. The Bertz CT molecular complexity index is 472. The van der Waals surface area contributed by atoms with Gasteiger partial charge in [0.15, 0.2) is 11.5 Å². The average Bonchev–Trinajstić information content (AvgIpc) is 2.49. The Balaban J connectivity index is 0.00000441. The Morgan fingerprint density at radius 2 is 2.05 bits per heavy atom. The summed E-state index contributed by atoms with van der Waals surface area (Å²) < 4.78 is 11.7. The van der Waals surface area contributed by atoms with Gasteiger partial charge >= 0.3 is 0 Å². The third kappa shape index (κ3) is 6.42. The van der Waals surface area contributed by atoms with E-state index >= 15 is 0 Å². The molecule has 1 amide bonds. The molecule has 0 radical (unpaired) electrons. The van der Waals surface area contributed by atoms with Crippen LogP contribution < -0.4 is 20.1 Å². The van der Waals surface area contributed by atoms with Crippen LogP contribution in [0.25, 0.3) is 0 Å². The Morgan fingerprint density at radius 1 is 1.32 bits per heavy atom. The first kappa shape index (κ1) is 21.0.